The van der Waals surface area contributed by atoms with Crippen LogP contribution in [0.25, 0.3) is 22.6 Å². The van der Waals surface area contributed by atoms with Gasteiger partial charge in [0, 0.05) is 37.9 Å². The lowest BCUT2D eigenvalue weighted by Gasteiger charge is -2.32. The predicted octanol–water partition coefficient (Wildman–Crippen LogP) is 3.36. The van der Waals surface area contributed by atoms with E-state index in [1.54, 1.807) is 0 Å². The van der Waals surface area contributed by atoms with Gasteiger partial charge in [-0.25, -0.2) is 14.8 Å². The Bertz CT molecular complexity index is 1530. The predicted molar refractivity (Wildman–Crippen MR) is 142 cm³/mol. The molecular formula is C28H33N5O4. The van der Waals surface area contributed by atoms with Crippen LogP contribution in [0.3, 0.4) is 0 Å². The maximum atomic E-state index is 13.7. The van der Waals surface area contributed by atoms with Crippen molar-refractivity contribution in [1.82, 2.24) is 23.7 Å². The Labute approximate surface area is 215 Å². The fourth-order valence-electron chi connectivity index (χ4n) is 5.06. The van der Waals surface area contributed by atoms with Crippen molar-refractivity contribution in [2.24, 2.45) is 5.92 Å². The van der Waals surface area contributed by atoms with Gasteiger partial charge >= 0.3 is 5.69 Å². The number of hydrogen-bond donors (Lipinski definition) is 1. The van der Waals surface area contributed by atoms with Gasteiger partial charge < -0.3 is 14.4 Å². The molecule has 9 nitrogen and oxygen atoms in total. The van der Waals surface area contributed by atoms with Crippen LogP contribution in [0.4, 0.5) is 0 Å². The van der Waals surface area contributed by atoms with Gasteiger partial charge in [0.15, 0.2) is 11.2 Å². The molecule has 0 atom stereocenters. The molecule has 0 spiro atoms. The highest BCUT2D eigenvalue weighted by atomic mass is 16.5. The maximum absolute atomic E-state index is 13.7. The number of aryl methyl sites for hydroxylation is 2. The molecule has 5 rings (SSSR count). The second-order valence-corrected chi connectivity index (χ2v) is 9.84. The average Bonchev–Trinajstić information content (AvgIpc) is 3.22. The number of fused-ring (bicyclic) bond motifs is 1. The molecule has 4 aromatic rings. The molecule has 0 bridgehead atoms. The Balaban J connectivity index is 1.69. The third-order valence-electron chi connectivity index (χ3n) is 7.07. The summed E-state index contributed by atoms with van der Waals surface area (Å²) >= 11 is 0. The summed E-state index contributed by atoms with van der Waals surface area (Å²) in [4.78, 5) is 36.4. The van der Waals surface area contributed by atoms with Crippen molar-refractivity contribution < 1.29 is 9.84 Å². The third kappa shape index (κ3) is 4.71. The largest absolute Gasteiger partial charge is 0.474 e. The summed E-state index contributed by atoms with van der Waals surface area (Å²) in [7, 11) is 0. The molecule has 0 amide bonds. The van der Waals surface area contributed by atoms with Crippen molar-refractivity contribution >= 4 is 11.2 Å². The third-order valence-corrected chi connectivity index (χ3v) is 7.07. The summed E-state index contributed by atoms with van der Waals surface area (Å²) in [5, 5.41) is 9.33. The van der Waals surface area contributed by atoms with Crippen LogP contribution in [-0.2, 0) is 19.6 Å². The van der Waals surface area contributed by atoms with Gasteiger partial charge in [0.25, 0.3) is 5.56 Å². The quantitative estimate of drug-likeness (QED) is 0.376. The second kappa shape index (κ2) is 10.3. The Kier molecular flexibility index (Phi) is 6.97. The second-order valence-electron chi connectivity index (χ2n) is 9.84. The normalized spacial score (nSPS) is 17.2. The van der Waals surface area contributed by atoms with E-state index in [-0.39, 0.29) is 19.3 Å². The molecule has 1 aliphatic rings. The molecule has 0 unspecified atom stereocenters. The van der Waals surface area contributed by atoms with Crippen molar-refractivity contribution in [1.29, 1.82) is 0 Å². The zero-order valence-electron chi connectivity index (χ0n) is 21.6. The first-order valence-corrected chi connectivity index (χ1v) is 12.9. The first-order chi connectivity index (χ1) is 17.9. The maximum Gasteiger partial charge on any atom is 0.332 e. The smallest absolute Gasteiger partial charge is 0.332 e. The van der Waals surface area contributed by atoms with Crippen LogP contribution in [0.2, 0.25) is 0 Å². The number of nitrogens with zero attached hydrogens (tertiary/aromatic N) is 5. The van der Waals surface area contributed by atoms with Crippen LogP contribution >= 0.6 is 0 Å². The fraction of sp³-hybridized carbons (Fsp3) is 0.429. The minimum absolute atomic E-state index is 0.108. The Hall–Kier alpha value is -3.72. The zero-order chi connectivity index (χ0) is 26.1. The standard InChI is InChI=1S/C28H33N5O4/c1-4-31-26-24(27(35)32(28(31)36)13-8-14-34)33(17-20-9-6-5-7-10-20)25(30-26)22-11-12-23(29-19(22)3)37-21-15-18(2)16-21/h5-7,9-12,18,21,34H,4,8,13-17H2,1-3H3/t18-,21+. The van der Waals surface area contributed by atoms with Crippen LogP contribution in [0.5, 0.6) is 5.88 Å². The Morgan fingerprint density at radius 3 is 2.43 bits per heavy atom. The van der Waals surface area contributed by atoms with Crippen LogP contribution in [0, 0.1) is 12.8 Å². The summed E-state index contributed by atoms with van der Waals surface area (Å²) < 4.78 is 10.7. The highest BCUT2D eigenvalue weighted by molar-refractivity contribution is 5.78. The number of imidazole rings is 1. The molecular weight excluding hydrogens is 470 g/mol. The molecule has 0 aliphatic heterocycles. The van der Waals surface area contributed by atoms with Crippen LogP contribution in [0.15, 0.2) is 52.1 Å². The molecule has 3 heterocycles. The Morgan fingerprint density at radius 1 is 1.03 bits per heavy atom. The van der Waals surface area contributed by atoms with Gasteiger partial charge in [-0.3, -0.25) is 13.9 Å². The van der Waals surface area contributed by atoms with Crippen molar-refractivity contribution in [3.8, 4) is 17.3 Å². The summed E-state index contributed by atoms with van der Waals surface area (Å²) in [6.07, 6.45) is 2.58. The number of aliphatic hydroxyl groups is 1. The Morgan fingerprint density at radius 2 is 1.78 bits per heavy atom. The summed E-state index contributed by atoms with van der Waals surface area (Å²) in [5.41, 5.74) is 2.41. The molecule has 1 aliphatic carbocycles. The van der Waals surface area contributed by atoms with Crippen LogP contribution in [0.1, 0.15) is 44.4 Å². The molecule has 9 heteroatoms. The lowest BCUT2D eigenvalue weighted by atomic mass is 9.84. The van der Waals surface area contributed by atoms with Gasteiger partial charge in [-0.2, -0.15) is 0 Å². The molecule has 1 N–H and O–H groups in total. The average molecular weight is 504 g/mol. The van der Waals surface area contributed by atoms with Crippen molar-refractivity contribution in [2.75, 3.05) is 6.61 Å². The molecule has 0 saturated heterocycles. The number of aliphatic hydroxyl groups excluding tert-OH is 1. The molecule has 3 aromatic heterocycles. The number of ether oxygens (including phenoxy) is 1. The summed E-state index contributed by atoms with van der Waals surface area (Å²) in [5.74, 6) is 1.84. The van der Waals surface area contributed by atoms with Crippen LogP contribution in [-0.4, -0.2) is 41.5 Å². The molecule has 37 heavy (non-hydrogen) atoms. The highest BCUT2D eigenvalue weighted by Gasteiger charge is 2.28. The minimum Gasteiger partial charge on any atom is -0.474 e. The van der Waals surface area contributed by atoms with Crippen LogP contribution < -0.4 is 16.0 Å². The van der Waals surface area contributed by atoms with E-state index in [9.17, 15) is 14.7 Å². The lowest BCUT2D eigenvalue weighted by molar-refractivity contribution is 0.0694. The van der Waals surface area contributed by atoms with Crippen molar-refractivity contribution in [3.05, 3.63) is 74.6 Å². The molecule has 1 saturated carbocycles. The SMILES string of the molecule is CCn1c(=O)n(CCCO)c(=O)c2c1nc(-c1ccc(O[C@H]3C[C@@H](C)C3)nc1C)n2Cc1ccccc1. The van der Waals surface area contributed by atoms with E-state index in [4.69, 9.17) is 14.7 Å². The zero-order valence-corrected chi connectivity index (χ0v) is 21.6. The summed E-state index contributed by atoms with van der Waals surface area (Å²) in [6, 6.07) is 13.6. The van der Waals surface area contributed by atoms with Gasteiger partial charge in [0.05, 0.1) is 5.69 Å². The van der Waals surface area contributed by atoms with E-state index in [0.717, 1.165) is 29.7 Å². The first kappa shape index (κ1) is 25.0. The van der Waals surface area contributed by atoms with Crippen molar-refractivity contribution in [2.45, 2.75) is 65.8 Å². The number of pyridine rings is 1. The topological polar surface area (TPSA) is 104 Å². The number of rotatable bonds is 9. The number of benzene rings is 1. The van der Waals surface area contributed by atoms with E-state index >= 15 is 0 Å². The molecule has 1 fully saturated rings. The van der Waals surface area contributed by atoms with E-state index in [1.807, 2.05) is 60.9 Å². The van der Waals surface area contributed by atoms with Gasteiger partial charge in [-0.1, -0.05) is 37.3 Å². The summed E-state index contributed by atoms with van der Waals surface area (Å²) in [6.45, 7) is 6.78. The van der Waals surface area contributed by atoms with E-state index in [2.05, 4.69) is 6.92 Å². The molecule has 194 valence electrons. The minimum atomic E-state index is -0.419. The first-order valence-electron chi connectivity index (χ1n) is 12.9. The fourth-order valence-corrected chi connectivity index (χ4v) is 5.06. The molecule has 0 radical (unpaired) electrons. The lowest BCUT2D eigenvalue weighted by Crippen LogP contribution is -2.40. The highest BCUT2D eigenvalue weighted by Crippen LogP contribution is 2.32. The van der Waals surface area contributed by atoms with Gasteiger partial charge in [0.2, 0.25) is 5.88 Å². The number of aromatic nitrogens is 5. The van der Waals surface area contributed by atoms with E-state index in [1.165, 1.54) is 9.13 Å². The molecule has 1 aromatic carbocycles. The van der Waals surface area contributed by atoms with E-state index < -0.39 is 11.2 Å². The van der Waals surface area contributed by atoms with Gasteiger partial charge in [-0.05, 0) is 50.7 Å². The van der Waals surface area contributed by atoms with Gasteiger partial charge in [0.1, 0.15) is 11.9 Å². The van der Waals surface area contributed by atoms with E-state index in [0.29, 0.717) is 48.3 Å². The van der Waals surface area contributed by atoms with Gasteiger partial charge in [-0.15, -0.1) is 0 Å². The van der Waals surface area contributed by atoms with Crippen molar-refractivity contribution in [3.63, 3.8) is 0 Å². The number of hydrogen-bond acceptors (Lipinski definition) is 6. The monoisotopic (exact) mass is 503 g/mol.